The van der Waals surface area contributed by atoms with Crippen LogP contribution in [0.5, 0.6) is 0 Å². The molecule has 0 spiro atoms. The van der Waals surface area contributed by atoms with E-state index in [9.17, 15) is 14.7 Å². The minimum Gasteiger partial charge on any atom is -0.391 e. The number of hydrogen-bond acceptors (Lipinski definition) is 3. The van der Waals surface area contributed by atoms with Crippen molar-refractivity contribution in [1.29, 1.82) is 0 Å². The Morgan fingerprint density at radius 3 is 1.30 bits per heavy atom. The van der Waals surface area contributed by atoms with Gasteiger partial charge in [-0.25, -0.2) is 0 Å². The Bertz CT molecular complexity index is 756. The van der Waals surface area contributed by atoms with Crippen molar-refractivity contribution in [1.82, 2.24) is 0 Å². The van der Waals surface area contributed by atoms with Crippen LogP contribution >= 0.6 is 0 Å². The van der Waals surface area contributed by atoms with E-state index in [-0.39, 0.29) is 24.1 Å². The minimum absolute atomic E-state index is 0.102. The van der Waals surface area contributed by atoms with Crippen LogP contribution in [0.2, 0.25) is 0 Å². The van der Waals surface area contributed by atoms with Gasteiger partial charge in [-0.2, -0.15) is 0 Å². The first kappa shape index (κ1) is 45.7. The first-order valence-electron chi connectivity index (χ1n) is 20.6. The molecule has 0 aromatic carbocycles. The fraction of sp³-hybridized carbons (Fsp3) is 0.860. The zero-order valence-corrected chi connectivity index (χ0v) is 32.2. The summed E-state index contributed by atoms with van der Waals surface area (Å²) in [5, 5.41) is 9.51. The third-order valence-corrected chi connectivity index (χ3v) is 9.75. The molecule has 276 valence electrons. The predicted octanol–water partition coefficient (Wildman–Crippen LogP) is 12.3. The standard InChI is InChI=1S/C43H82NO3/c1-5-7-9-11-13-15-17-19-21-23-25-27-29-31-33-35-42(46)39-41(40-44(3,4)37-38-45)43(47)36-34-32-30-28-26-24-22-20-18-16-14-12-10-8-6-2/h19-22,41,45H,5-18,23-40H2,1-4H3/q+1/b21-19-,22-20-. The van der Waals surface area contributed by atoms with Crippen LogP contribution in [-0.2, 0) is 9.59 Å². The van der Waals surface area contributed by atoms with Crippen molar-refractivity contribution in [3.63, 3.8) is 0 Å². The molecule has 0 saturated heterocycles. The summed E-state index contributed by atoms with van der Waals surface area (Å²) in [4.78, 5) is 26.2. The molecule has 0 amide bonds. The molecule has 0 bridgehead atoms. The van der Waals surface area contributed by atoms with Gasteiger partial charge in [0.1, 0.15) is 18.1 Å². The summed E-state index contributed by atoms with van der Waals surface area (Å²) in [5.74, 6) is 0.281. The monoisotopic (exact) mass is 661 g/mol. The first-order valence-corrected chi connectivity index (χ1v) is 20.6. The molecule has 0 saturated carbocycles. The molecule has 1 atom stereocenters. The number of likely N-dealkylation sites (N-methyl/N-ethyl adjacent to an activating group) is 1. The summed E-state index contributed by atoms with van der Waals surface area (Å²) in [6, 6.07) is 0. The summed E-state index contributed by atoms with van der Waals surface area (Å²) >= 11 is 0. The van der Waals surface area contributed by atoms with Gasteiger partial charge in [-0.05, 0) is 64.2 Å². The Hall–Kier alpha value is -1.26. The number of rotatable bonds is 37. The number of Topliss-reactive ketones (excluding diaryl/α,β-unsaturated/α-hetero) is 2. The number of ketones is 2. The van der Waals surface area contributed by atoms with E-state index in [2.05, 4.69) is 52.2 Å². The minimum atomic E-state index is -0.219. The molecule has 0 rings (SSSR count). The zero-order valence-electron chi connectivity index (χ0n) is 32.2. The summed E-state index contributed by atoms with van der Waals surface area (Å²) in [7, 11) is 4.12. The molecule has 0 aliphatic heterocycles. The van der Waals surface area contributed by atoms with Gasteiger partial charge in [0.25, 0.3) is 0 Å². The van der Waals surface area contributed by atoms with E-state index in [1.807, 2.05) is 0 Å². The summed E-state index contributed by atoms with van der Waals surface area (Å²) in [6.45, 7) is 5.89. The molecule has 0 heterocycles. The molecule has 0 aromatic heterocycles. The van der Waals surface area contributed by atoms with Crippen molar-refractivity contribution in [2.24, 2.45) is 5.92 Å². The molecule has 0 fully saturated rings. The Morgan fingerprint density at radius 1 is 0.532 bits per heavy atom. The molecular formula is C43H82NO3+. The van der Waals surface area contributed by atoms with Crippen molar-refractivity contribution in [3.8, 4) is 0 Å². The molecular weight excluding hydrogens is 578 g/mol. The Labute approximate surface area is 294 Å². The van der Waals surface area contributed by atoms with Crippen LogP contribution in [0.4, 0.5) is 0 Å². The van der Waals surface area contributed by atoms with Gasteiger partial charge in [-0.15, -0.1) is 0 Å². The second kappa shape index (κ2) is 34.6. The van der Waals surface area contributed by atoms with Gasteiger partial charge in [-0.3, -0.25) is 9.59 Å². The Balaban J connectivity index is 4.13. The van der Waals surface area contributed by atoms with E-state index in [4.69, 9.17) is 0 Å². The summed E-state index contributed by atoms with van der Waals surface area (Å²) in [5.41, 5.74) is 0. The van der Waals surface area contributed by atoms with Gasteiger partial charge in [0, 0.05) is 19.3 Å². The number of unbranched alkanes of at least 4 members (excludes halogenated alkanes) is 22. The van der Waals surface area contributed by atoms with E-state index in [0.717, 1.165) is 25.7 Å². The maximum atomic E-state index is 13.3. The molecule has 0 radical (unpaired) electrons. The zero-order chi connectivity index (χ0) is 34.7. The van der Waals surface area contributed by atoms with Crippen LogP contribution in [0.1, 0.15) is 200 Å². The lowest BCUT2D eigenvalue weighted by atomic mass is 9.91. The quantitative estimate of drug-likeness (QED) is 0.0410. The van der Waals surface area contributed by atoms with Gasteiger partial charge in [0.15, 0.2) is 0 Å². The molecule has 1 unspecified atom stereocenters. The highest BCUT2D eigenvalue weighted by Crippen LogP contribution is 2.19. The number of aliphatic hydroxyl groups excluding tert-OH is 1. The van der Waals surface area contributed by atoms with Crippen LogP contribution in [-0.4, -0.2) is 54.9 Å². The molecule has 0 aliphatic rings. The van der Waals surface area contributed by atoms with Crippen LogP contribution in [0.15, 0.2) is 24.3 Å². The molecule has 47 heavy (non-hydrogen) atoms. The fourth-order valence-corrected chi connectivity index (χ4v) is 6.58. The smallest absolute Gasteiger partial charge is 0.142 e. The number of carbonyl (C=O) groups excluding carboxylic acids is 2. The fourth-order valence-electron chi connectivity index (χ4n) is 6.58. The van der Waals surface area contributed by atoms with Gasteiger partial charge in [0.05, 0.1) is 33.2 Å². The van der Waals surface area contributed by atoms with Crippen molar-refractivity contribution in [2.45, 2.75) is 200 Å². The van der Waals surface area contributed by atoms with Gasteiger partial charge < -0.3 is 9.59 Å². The van der Waals surface area contributed by atoms with E-state index >= 15 is 0 Å². The molecule has 0 aliphatic carbocycles. The number of nitrogens with zero attached hydrogens (tertiary/aromatic N) is 1. The Morgan fingerprint density at radius 2 is 0.894 bits per heavy atom. The lowest BCUT2D eigenvalue weighted by molar-refractivity contribution is -0.892. The van der Waals surface area contributed by atoms with Gasteiger partial charge in [-0.1, -0.05) is 141 Å². The largest absolute Gasteiger partial charge is 0.391 e. The third-order valence-electron chi connectivity index (χ3n) is 9.75. The van der Waals surface area contributed by atoms with E-state index in [1.165, 1.54) is 141 Å². The third kappa shape index (κ3) is 33.0. The lowest BCUT2D eigenvalue weighted by Crippen LogP contribution is -2.47. The van der Waals surface area contributed by atoms with E-state index < -0.39 is 0 Å². The SMILES string of the molecule is CCCCCCCC/C=C\CCCCCCCC(=O)CC(C[N+](C)(C)CCO)C(=O)CCCCCCC/C=C\CCCCCCCC. The maximum Gasteiger partial charge on any atom is 0.142 e. The highest BCUT2D eigenvalue weighted by atomic mass is 16.3. The highest BCUT2D eigenvalue weighted by molar-refractivity contribution is 5.88. The van der Waals surface area contributed by atoms with E-state index in [0.29, 0.717) is 36.8 Å². The second-order valence-corrected chi connectivity index (χ2v) is 15.1. The van der Waals surface area contributed by atoms with Crippen LogP contribution < -0.4 is 0 Å². The summed E-state index contributed by atoms with van der Waals surface area (Å²) in [6.07, 6.45) is 43.6. The normalized spacial score (nSPS) is 12.9. The average molecular weight is 661 g/mol. The number of allylic oxidation sites excluding steroid dienone is 4. The number of aliphatic hydroxyl groups is 1. The maximum absolute atomic E-state index is 13.3. The predicted molar refractivity (Wildman–Crippen MR) is 206 cm³/mol. The molecule has 4 heteroatoms. The molecule has 4 nitrogen and oxygen atoms in total. The molecule has 1 N–H and O–H groups in total. The number of hydrogen-bond donors (Lipinski definition) is 1. The first-order chi connectivity index (χ1) is 22.9. The summed E-state index contributed by atoms with van der Waals surface area (Å²) < 4.78 is 0.583. The highest BCUT2D eigenvalue weighted by Gasteiger charge is 2.29. The molecule has 0 aromatic rings. The van der Waals surface area contributed by atoms with Gasteiger partial charge in [0.2, 0.25) is 0 Å². The van der Waals surface area contributed by atoms with Crippen LogP contribution in [0.3, 0.4) is 0 Å². The van der Waals surface area contributed by atoms with Gasteiger partial charge >= 0.3 is 0 Å². The number of carbonyl (C=O) groups is 2. The van der Waals surface area contributed by atoms with Crippen molar-refractivity contribution in [2.75, 3.05) is 33.8 Å². The second-order valence-electron chi connectivity index (χ2n) is 15.1. The number of quaternary nitrogens is 1. The van der Waals surface area contributed by atoms with Crippen molar-refractivity contribution in [3.05, 3.63) is 24.3 Å². The average Bonchev–Trinajstić information content (AvgIpc) is 3.04. The lowest BCUT2D eigenvalue weighted by Gasteiger charge is -2.32. The van der Waals surface area contributed by atoms with Crippen molar-refractivity contribution >= 4 is 11.6 Å². The van der Waals surface area contributed by atoms with Crippen molar-refractivity contribution < 1.29 is 19.2 Å². The van der Waals surface area contributed by atoms with Crippen LogP contribution in [0.25, 0.3) is 0 Å². The van der Waals surface area contributed by atoms with E-state index in [1.54, 1.807) is 0 Å². The van der Waals surface area contributed by atoms with Crippen LogP contribution in [0, 0.1) is 5.92 Å². The topological polar surface area (TPSA) is 54.4 Å². The Kier molecular flexibility index (Phi) is 33.7.